The summed E-state index contributed by atoms with van der Waals surface area (Å²) in [5.41, 5.74) is 3.75. The first-order valence-corrected chi connectivity index (χ1v) is 9.69. The molecule has 0 saturated heterocycles. The molecule has 0 fully saturated rings. The fourth-order valence-electron chi connectivity index (χ4n) is 3.86. The molecule has 1 aliphatic heterocycles. The third-order valence-electron chi connectivity index (χ3n) is 5.36. The highest BCUT2D eigenvalue weighted by atomic mass is 16.5. The smallest absolute Gasteiger partial charge is 0.238 e. The van der Waals surface area contributed by atoms with E-state index in [0.29, 0.717) is 34.5 Å². The lowest BCUT2D eigenvalue weighted by Crippen LogP contribution is -2.21. The second-order valence-corrected chi connectivity index (χ2v) is 7.09. The molecule has 0 aliphatic carbocycles. The van der Waals surface area contributed by atoms with Gasteiger partial charge in [-0.1, -0.05) is 0 Å². The molecule has 0 atom stereocenters. The minimum absolute atomic E-state index is 0.0630. The molecule has 0 saturated carbocycles. The number of rotatable bonds is 5. The number of methoxy groups -OCH3 is 3. The Labute approximate surface area is 178 Å². The number of nitrogens with zero attached hydrogens (tertiary/aromatic N) is 3. The molecule has 2 aromatic carbocycles. The molecule has 1 aliphatic rings. The van der Waals surface area contributed by atoms with Gasteiger partial charge in [-0.15, -0.1) is 0 Å². The van der Waals surface area contributed by atoms with Crippen molar-refractivity contribution in [3.05, 3.63) is 54.5 Å². The monoisotopic (exact) mass is 416 g/mol. The predicted molar refractivity (Wildman–Crippen MR) is 116 cm³/mol. The number of H-pyrrole nitrogens is 1. The molecule has 0 spiro atoms. The summed E-state index contributed by atoms with van der Waals surface area (Å²) in [5, 5.41) is 1.02. The Morgan fingerprint density at radius 1 is 1.00 bits per heavy atom. The van der Waals surface area contributed by atoms with Gasteiger partial charge in [0, 0.05) is 22.7 Å². The summed E-state index contributed by atoms with van der Waals surface area (Å²) in [5.74, 6) is 2.01. The van der Waals surface area contributed by atoms with Crippen molar-refractivity contribution < 1.29 is 19.0 Å². The molecule has 8 nitrogen and oxygen atoms in total. The van der Waals surface area contributed by atoms with E-state index in [1.54, 1.807) is 32.4 Å². The SMILES string of the molecule is COc1cc(-c2cnc3c(n2)N(c2ccc4[nH]ccc4c2)C(=O)C3)cc(OC)c1OC. The highest BCUT2D eigenvalue weighted by Gasteiger charge is 2.32. The zero-order valence-corrected chi connectivity index (χ0v) is 17.3. The van der Waals surface area contributed by atoms with Gasteiger partial charge in [0.2, 0.25) is 11.7 Å². The number of carbonyl (C=O) groups excluding carboxylic acids is 1. The maximum atomic E-state index is 12.8. The molecular formula is C23H20N4O4. The lowest BCUT2D eigenvalue weighted by atomic mass is 10.1. The molecule has 0 unspecified atom stereocenters. The van der Waals surface area contributed by atoms with Gasteiger partial charge in [-0.05, 0) is 36.4 Å². The number of fused-ring (bicyclic) bond motifs is 2. The van der Waals surface area contributed by atoms with E-state index >= 15 is 0 Å². The first-order chi connectivity index (χ1) is 15.1. The second kappa shape index (κ2) is 7.32. The Morgan fingerprint density at radius 2 is 1.77 bits per heavy atom. The summed E-state index contributed by atoms with van der Waals surface area (Å²) in [6, 6.07) is 11.4. The van der Waals surface area contributed by atoms with E-state index in [4.69, 9.17) is 19.2 Å². The van der Waals surface area contributed by atoms with E-state index in [1.165, 1.54) is 0 Å². The zero-order valence-electron chi connectivity index (χ0n) is 17.3. The van der Waals surface area contributed by atoms with Crippen LogP contribution in [0, 0.1) is 0 Å². The van der Waals surface area contributed by atoms with Crippen molar-refractivity contribution in [1.29, 1.82) is 0 Å². The van der Waals surface area contributed by atoms with Crippen molar-refractivity contribution >= 4 is 28.3 Å². The number of amides is 1. The van der Waals surface area contributed by atoms with E-state index in [1.807, 2.05) is 42.6 Å². The highest BCUT2D eigenvalue weighted by Crippen LogP contribution is 2.42. The van der Waals surface area contributed by atoms with Gasteiger partial charge in [-0.3, -0.25) is 14.7 Å². The number of benzene rings is 2. The van der Waals surface area contributed by atoms with Gasteiger partial charge >= 0.3 is 0 Å². The van der Waals surface area contributed by atoms with E-state index in [2.05, 4.69) is 9.97 Å². The minimum atomic E-state index is -0.0630. The Hall–Kier alpha value is -4.07. The van der Waals surface area contributed by atoms with E-state index in [9.17, 15) is 4.79 Å². The average molecular weight is 416 g/mol. The van der Waals surface area contributed by atoms with Crippen molar-refractivity contribution in [1.82, 2.24) is 15.0 Å². The van der Waals surface area contributed by atoms with Crippen molar-refractivity contribution in [3.63, 3.8) is 0 Å². The predicted octanol–water partition coefficient (Wildman–Crippen LogP) is 3.87. The molecular weight excluding hydrogens is 396 g/mol. The van der Waals surface area contributed by atoms with Gasteiger partial charge in [0.15, 0.2) is 17.3 Å². The average Bonchev–Trinajstić information content (AvgIpc) is 3.40. The maximum Gasteiger partial charge on any atom is 0.238 e. The van der Waals surface area contributed by atoms with Crippen molar-refractivity contribution in [2.24, 2.45) is 0 Å². The Bertz CT molecular complexity index is 1290. The number of aromatic amines is 1. The van der Waals surface area contributed by atoms with Gasteiger partial charge in [0.1, 0.15) is 0 Å². The van der Waals surface area contributed by atoms with Crippen LogP contribution in [0.4, 0.5) is 11.5 Å². The van der Waals surface area contributed by atoms with Crippen LogP contribution >= 0.6 is 0 Å². The molecule has 31 heavy (non-hydrogen) atoms. The largest absolute Gasteiger partial charge is 0.493 e. The van der Waals surface area contributed by atoms with Crippen LogP contribution in [0.1, 0.15) is 5.69 Å². The van der Waals surface area contributed by atoms with E-state index in [-0.39, 0.29) is 12.3 Å². The maximum absolute atomic E-state index is 12.8. The number of carbonyl (C=O) groups is 1. The summed E-state index contributed by atoms with van der Waals surface area (Å²) in [4.78, 5) is 26.9. The van der Waals surface area contributed by atoms with E-state index in [0.717, 1.165) is 22.2 Å². The standard InChI is InChI=1S/C23H20N4O4/c1-29-19-9-14(10-20(30-2)22(19)31-3)18-12-25-17-11-21(28)27(23(17)26-18)15-4-5-16-13(8-15)6-7-24-16/h4-10,12,24H,11H2,1-3H3. The van der Waals surface area contributed by atoms with Gasteiger partial charge < -0.3 is 19.2 Å². The quantitative estimate of drug-likeness (QED) is 0.531. The molecule has 2 aromatic heterocycles. The number of nitrogens with one attached hydrogen (secondary N) is 1. The summed E-state index contributed by atoms with van der Waals surface area (Å²) >= 11 is 0. The fraction of sp³-hybridized carbons (Fsp3) is 0.174. The third-order valence-corrected chi connectivity index (χ3v) is 5.36. The lowest BCUT2D eigenvalue weighted by Gasteiger charge is -2.18. The molecule has 0 radical (unpaired) electrons. The van der Waals surface area contributed by atoms with Gasteiger partial charge in [-0.2, -0.15) is 0 Å². The molecule has 3 heterocycles. The van der Waals surface area contributed by atoms with Crippen LogP contribution in [0.3, 0.4) is 0 Å². The number of hydrogen-bond donors (Lipinski definition) is 1. The number of ether oxygens (including phenoxy) is 3. The third kappa shape index (κ3) is 3.04. The molecule has 5 rings (SSSR count). The summed E-state index contributed by atoms with van der Waals surface area (Å²) in [6.45, 7) is 0. The van der Waals surface area contributed by atoms with Crippen LogP contribution < -0.4 is 19.1 Å². The van der Waals surface area contributed by atoms with Crippen LogP contribution in [0.2, 0.25) is 0 Å². The molecule has 0 bridgehead atoms. The molecule has 1 N–H and O–H groups in total. The second-order valence-electron chi connectivity index (χ2n) is 7.09. The topological polar surface area (TPSA) is 89.6 Å². The van der Waals surface area contributed by atoms with Crippen LogP contribution in [0.5, 0.6) is 17.2 Å². The van der Waals surface area contributed by atoms with E-state index < -0.39 is 0 Å². The Balaban J connectivity index is 1.61. The fourth-order valence-corrected chi connectivity index (χ4v) is 3.86. The summed E-state index contributed by atoms with van der Waals surface area (Å²) in [7, 11) is 4.68. The van der Waals surface area contributed by atoms with Crippen LogP contribution in [-0.4, -0.2) is 42.2 Å². The van der Waals surface area contributed by atoms with Gasteiger partial charge in [-0.25, -0.2) is 4.98 Å². The minimum Gasteiger partial charge on any atom is -0.493 e. The van der Waals surface area contributed by atoms with Crippen molar-refractivity contribution in [3.8, 4) is 28.5 Å². The Morgan fingerprint density at radius 3 is 2.48 bits per heavy atom. The molecule has 8 heteroatoms. The van der Waals surface area contributed by atoms with Crippen LogP contribution in [0.25, 0.3) is 22.2 Å². The zero-order chi connectivity index (χ0) is 21.5. The Kier molecular flexibility index (Phi) is 4.47. The first-order valence-electron chi connectivity index (χ1n) is 9.69. The molecule has 4 aromatic rings. The molecule has 1 amide bonds. The molecule has 156 valence electrons. The highest BCUT2D eigenvalue weighted by molar-refractivity contribution is 6.07. The van der Waals surface area contributed by atoms with Crippen molar-refractivity contribution in [2.75, 3.05) is 26.2 Å². The number of anilines is 2. The summed E-state index contributed by atoms with van der Waals surface area (Å²) < 4.78 is 16.3. The van der Waals surface area contributed by atoms with Crippen molar-refractivity contribution in [2.45, 2.75) is 6.42 Å². The lowest BCUT2D eigenvalue weighted by molar-refractivity contribution is -0.116. The van der Waals surface area contributed by atoms with Gasteiger partial charge in [0.25, 0.3) is 0 Å². The van der Waals surface area contributed by atoms with Gasteiger partial charge in [0.05, 0.1) is 51.0 Å². The summed E-state index contributed by atoms with van der Waals surface area (Å²) in [6.07, 6.45) is 3.74. The number of hydrogen-bond acceptors (Lipinski definition) is 6. The van der Waals surface area contributed by atoms with Crippen LogP contribution in [0.15, 0.2) is 48.8 Å². The number of aromatic nitrogens is 3. The van der Waals surface area contributed by atoms with Crippen LogP contribution in [-0.2, 0) is 11.2 Å². The first kappa shape index (κ1) is 18.9. The normalized spacial score (nSPS) is 12.9.